The summed E-state index contributed by atoms with van der Waals surface area (Å²) < 4.78 is 5.34. The Morgan fingerprint density at radius 3 is 3.00 bits per heavy atom. The molecule has 0 radical (unpaired) electrons. The number of nitrogens with two attached hydrogens (primary N) is 1. The molecular formula is C15H21ClN2O3. The molecule has 2 rings (SSSR count). The van der Waals surface area contributed by atoms with Gasteiger partial charge < -0.3 is 15.6 Å². The Morgan fingerprint density at radius 1 is 1.43 bits per heavy atom. The minimum absolute atomic E-state index is 0.275. The second-order valence-electron chi connectivity index (χ2n) is 5.40. The fraction of sp³-hybridized carbons (Fsp3) is 0.533. The molecule has 0 aromatic heterocycles. The first-order valence-corrected chi connectivity index (χ1v) is 7.53. The quantitative estimate of drug-likeness (QED) is 0.871. The lowest BCUT2D eigenvalue weighted by Gasteiger charge is -2.21. The number of carbonyl (C=O) groups is 1. The molecule has 1 aromatic carbocycles. The smallest absolute Gasteiger partial charge is 0.341 e. The van der Waals surface area contributed by atoms with Gasteiger partial charge in [-0.3, -0.25) is 4.90 Å². The third kappa shape index (κ3) is 5.19. The molecule has 0 amide bonds. The molecule has 1 aliphatic heterocycles. The van der Waals surface area contributed by atoms with Crippen molar-refractivity contribution < 1.29 is 14.6 Å². The molecule has 1 aromatic rings. The van der Waals surface area contributed by atoms with Crippen molar-refractivity contribution in [2.24, 2.45) is 5.73 Å². The van der Waals surface area contributed by atoms with E-state index in [1.165, 1.54) is 0 Å². The first kappa shape index (κ1) is 16.1. The van der Waals surface area contributed by atoms with E-state index in [-0.39, 0.29) is 12.6 Å². The summed E-state index contributed by atoms with van der Waals surface area (Å²) in [4.78, 5) is 13.0. The molecule has 0 aliphatic carbocycles. The Morgan fingerprint density at radius 2 is 2.24 bits per heavy atom. The zero-order chi connectivity index (χ0) is 15.2. The molecule has 1 heterocycles. The van der Waals surface area contributed by atoms with Crippen molar-refractivity contribution in [2.75, 3.05) is 19.7 Å². The van der Waals surface area contributed by atoms with Gasteiger partial charge in [-0.15, -0.1) is 0 Å². The first-order chi connectivity index (χ1) is 10.0. The lowest BCUT2D eigenvalue weighted by Crippen LogP contribution is -2.26. The monoisotopic (exact) mass is 312 g/mol. The molecule has 0 bridgehead atoms. The van der Waals surface area contributed by atoms with Crippen LogP contribution >= 0.6 is 11.6 Å². The Labute approximate surface area is 129 Å². The summed E-state index contributed by atoms with van der Waals surface area (Å²) in [5.74, 6) is -0.410. The summed E-state index contributed by atoms with van der Waals surface area (Å²) in [5.41, 5.74) is 6.90. The van der Waals surface area contributed by atoms with Gasteiger partial charge in [0.05, 0.1) is 0 Å². The number of ether oxygens (including phenoxy) is 1. The zero-order valence-electron chi connectivity index (χ0n) is 11.9. The van der Waals surface area contributed by atoms with Crippen LogP contribution in [0.1, 0.15) is 24.8 Å². The Balaban J connectivity index is 2.06. The van der Waals surface area contributed by atoms with E-state index >= 15 is 0 Å². The lowest BCUT2D eigenvalue weighted by molar-refractivity contribution is -0.139. The maximum atomic E-state index is 10.6. The fourth-order valence-corrected chi connectivity index (χ4v) is 2.73. The van der Waals surface area contributed by atoms with E-state index in [0.717, 1.165) is 37.9 Å². The predicted molar refractivity (Wildman–Crippen MR) is 81.7 cm³/mol. The first-order valence-electron chi connectivity index (χ1n) is 7.15. The Kier molecular flexibility index (Phi) is 5.85. The van der Waals surface area contributed by atoms with E-state index in [4.69, 9.17) is 27.2 Å². The molecule has 6 heteroatoms. The zero-order valence-corrected chi connectivity index (χ0v) is 12.7. The van der Waals surface area contributed by atoms with E-state index in [9.17, 15) is 4.79 Å². The van der Waals surface area contributed by atoms with Crippen LogP contribution in [0.4, 0.5) is 0 Å². The van der Waals surface area contributed by atoms with Crippen molar-refractivity contribution in [2.45, 2.75) is 31.8 Å². The van der Waals surface area contributed by atoms with Crippen molar-refractivity contribution in [3.8, 4) is 5.75 Å². The van der Waals surface area contributed by atoms with Crippen molar-refractivity contribution in [3.05, 3.63) is 28.8 Å². The van der Waals surface area contributed by atoms with Crippen LogP contribution in [-0.4, -0.2) is 41.7 Å². The van der Waals surface area contributed by atoms with Gasteiger partial charge in [0.1, 0.15) is 5.75 Å². The lowest BCUT2D eigenvalue weighted by atomic mass is 10.1. The summed E-state index contributed by atoms with van der Waals surface area (Å²) in [7, 11) is 0. The van der Waals surface area contributed by atoms with Gasteiger partial charge in [0.15, 0.2) is 6.61 Å². The van der Waals surface area contributed by atoms with Crippen molar-refractivity contribution in [3.63, 3.8) is 0 Å². The Hall–Kier alpha value is -1.30. The maximum Gasteiger partial charge on any atom is 0.341 e. The standard InChI is InChI=1S/C15H21ClN2O3/c16-12-3-4-14(21-10-15(19)20)11(8-12)9-18-6-1-2-13(17)5-7-18/h3-4,8,13H,1-2,5-7,9-10,17H2,(H,19,20)/t13-/m1/s1. The van der Waals surface area contributed by atoms with Crippen LogP contribution in [0.15, 0.2) is 18.2 Å². The van der Waals surface area contributed by atoms with Crippen LogP contribution in [-0.2, 0) is 11.3 Å². The van der Waals surface area contributed by atoms with Gasteiger partial charge in [-0.2, -0.15) is 0 Å². The van der Waals surface area contributed by atoms with E-state index < -0.39 is 5.97 Å². The molecule has 5 nitrogen and oxygen atoms in total. The SMILES string of the molecule is N[C@@H]1CCCN(Cc2cc(Cl)ccc2OCC(=O)O)CC1. The maximum absolute atomic E-state index is 10.6. The van der Waals surface area contributed by atoms with Crippen molar-refractivity contribution in [1.82, 2.24) is 4.90 Å². The van der Waals surface area contributed by atoms with Crippen molar-refractivity contribution in [1.29, 1.82) is 0 Å². The van der Waals surface area contributed by atoms with Gasteiger partial charge in [0.25, 0.3) is 0 Å². The summed E-state index contributed by atoms with van der Waals surface area (Å²) in [5, 5.41) is 9.36. The van der Waals surface area contributed by atoms with Crippen LogP contribution in [0.3, 0.4) is 0 Å². The number of likely N-dealkylation sites (tertiary alicyclic amines) is 1. The highest BCUT2D eigenvalue weighted by atomic mass is 35.5. The third-order valence-corrected chi connectivity index (χ3v) is 3.87. The molecule has 116 valence electrons. The molecule has 1 fully saturated rings. The molecule has 0 unspecified atom stereocenters. The minimum atomic E-state index is -0.989. The molecule has 1 saturated heterocycles. The van der Waals surface area contributed by atoms with Crippen LogP contribution in [0.25, 0.3) is 0 Å². The van der Waals surface area contributed by atoms with Crippen molar-refractivity contribution >= 4 is 17.6 Å². The minimum Gasteiger partial charge on any atom is -0.482 e. The predicted octanol–water partition coefficient (Wildman–Crippen LogP) is 2.12. The number of halogens is 1. The van der Waals surface area contributed by atoms with Crippen LogP contribution in [0.5, 0.6) is 5.75 Å². The average Bonchev–Trinajstić information content (AvgIpc) is 2.63. The normalized spacial score (nSPS) is 20.0. The number of rotatable bonds is 5. The van der Waals surface area contributed by atoms with E-state index in [1.54, 1.807) is 12.1 Å². The average molecular weight is 313 g/mol. The number of aliphatic carboxylic acids is 1. The molecular weight excluding hydrogens is 292 g/mol. The largest absolute Gasteiger partial charge is 0.482 e. The van der Waals surface area contributed by atoms with Gasteiger partial charge in [-0.05, 0) is 50.6 Å². The summed E-state index contributed by atoms with van der Waals surface area (Å²) in [6.07, 6.45) is 3.10. The van der Waals surface area contributed by atoms with Gasteiger partial charge in [-0.25, -0.2) is 4.79 Å². The molecule has 3 N–H and O–H groups in total. The van der Waals surface area contributed by atoms with E-state index in [0.29, 0.717) is 17.3 Å². The van der Waals surface area contributed by atoms with Gasteiger partial charge in [0.2, 0.25) is 0 Å². The summed E-state index contributed by atoms with van der Waals surface area (Å²) in [6.45, 7) is 2.27. The molecule has 1 atom stereocenters. The number of carboxylic acids is 1. The highest BCUT2D eigenvalue weighted by Crippen LogP contribution is 2.25. The summed E-state index contributed by atoms with van der Waals surface area (Å²) in [6, 6.07) is 5.55. The molecule has 0 spiro atoms. The van der Waals surface area contributed by atoms with Crippen LogP contribution < -0.4 is 10.5 Å². The topological polar surface area (TPSA) is 75.8 Å². The van der Waals surface area contributed by atoms with Crippen LogP contribution in [0.2, 0.25) is 5.02 Å². The van der Waals surface area contributed by atoms with Gasteiger partial charge in [-0.1, -0.05) is 11.6 Å². The number of hydrogen-bond acceptors (Lipinski definition) is 4. The fourth-order valence-electron chi connectivity index (χ4n) is 2.53. The molecule has 21 heavy (non-hydrogen) atoms. The second-order valence-corrected chi connectivity index (χ2v) is 5.84. The highest BCUT2D eigenvalue weighted by Gasteiger charge is 2.16. The third-order valence-electron chi connectivity index (χ3n) is 3.63. The van der Waals surface area contributed by atoms with Gasteiger partial charge in [0, 0.05) is 23.2 Å². The van der Waals surface area contributed by atoms with E-state index in [2.05, 4.69) is 4.90 Å². The van der Waals surface area contributed by atoms with E-state index in [1.807, 2.05) is 6.07 Å². The molecule has 0 saturated carbocycles. The number of hydrogen-bond donors (Lipinski definition) is 2. The highest BCUT2D eigenvalue weighted by molar-refractivity contribution is 6.30. The van der Waals surface area contributed by atoms with Crippen LogP contribution in [0, 0.1) is 0 Å². The number of benzene rings is 1. The molecule has 1 aliphatic rings. The Bertz CT molecular complexity index is 496. The number of nitrogens with zero attached hydrogens (tertiary/aromatic N) is 1. The number of carboxylic acid groups (broad SMARTS) is 1. The summed E-state index contributed by atoms with van der Waals surface area (Å²) >= 11 is 6.04. The second kappa shape index (κ2) is 7.64. The van der Waals surface area contributed by atoms with Gasteiger partial charge >= 0.3 is 5.97 Å².